The molecule has 1 aliphatic heterocycles. The summed E-state index contributed by atoms with van der Waals surface area (Å²) in [5.74, 6) is 0.930. The molecule has 1 aromatic heterocycles. The number of hydrogen-bond acceptors (Lipinski definition) is 7. The number of nitrogens with zero attached hydrogens (tertiary/aromatic N) is 6. The van der Waals surface area contributed by atoms with Crippen LogP contribution < -0.4 is 0 Å². The van der Waals surface area contributed by atoms with E-state index in [0.717, 1.165) is 55.8 Å². The van der Waals surface area contributed by atoms with E-state index in [-0.39, 0.29) is 12.5 Å². The SMILES string of the molecule is C/C=N\C(=C/C(C)N1CCN(C)CC1)OC.N#Cc1cccc(-c2cc(C3C=CC=CC3)n(CC=O)n2)c1. The highest BCUT2D eigenvalue weighted by Gasteiger charge is 2.19. The van der Waals surface area contributed by atoms with Crippen LogP contribution in [-0.2, 0) is 16.1 Å². The topological polar surface area (TPSA) is 86.8 Å². The van der Waals surface area contributed by atoms with E-state index in [1.54, 1.807) is 24.1 Å². The fraction of sp³-hybridized carbons (Fsp3) is 0.400. The largest absolute Gasteiger partial charge is 0.481 e. The standard InChI is InChI=1S/C18H15N3O.C12H23N3O/c19-13-14-5-4-8-16(11-14)17-12-18(21(20-17)9-10-22)15-6-2-1-3-7-15;1-5-13-12(16-4)10-11(2)15-8-6-14(3)7-9-15/h1-6,8,10-12,15H,7,9H2;5,10-11H,6-9H2,1-4H3/b;12-10+,13-5-. The molecule has 8 heteroatoms. The maximum Gasteiger partial charge on any atom is 0.209 e. The molecule has 2 aromatic rings. The first-order valence-electron chi connectivity index (χ1n) is 13.0. The van der Waals surface area contributed by atoms with Crippen molar-refractivity contribution >= 4 is 12.5 Å². The van der Waals surface area contributed by atoms with Gasteiger partial charge in [-0.25, -0.2) is 4.99 Å². The third-order valence-corrected chi connectivity index (χ3v) is 6.67. The van der Waals surface area contributed by atoms with Gasteiger partial charge >= 0.3 is 0 Å². The summed E-state index contributed by atoms with van der Waals surface area (Å²) in [4.78, 5) is 19.9. The van der Waals surface area contributed by atoms with Crippen LogP contribution in [0.15, 0.2) is 71.6 Å². The molecule has 38 heavy (non-hydrogen) atoms. The van der Waals surface area contributed by atoms with Gasteiger partial charge in [0.2, 0.25) is 5.88 Å². The highest BCUT2D eigenvalue weighted by atomic mass is 16.5. The van der Waals surface area contributed by atoms with Crippen LogP contribution >= 0.6 is 0 Å². The van der Waals surface area contributed by atoms with Gasteiger partial charge in [0.1, 0.15) is 6.29 Å². The number of aliphatic imine (C=N–C) groups is 1. The van der Waals surface area contributed by atoms with Gasteiger partial charge in [-0.1, -0.05) is 36.4 Å². The van der Waals surface area contributed by atoms with Gasteiger partial charge in [0.05, 0.1) is 31.0 Å². The molecule has 4 rings (SSSR count). The summed E-state index contributed by atoms with van der Waals surface area (Å²) in [6.07, 6.45) is 13.9. The van der Waals surface area contributed by atoms with Crippen molar-refractivity contribution in [3.63, 3.8) is 0 Å². The predicted molar refractivity (Wildman–Crippen MR) is 152 cm³/mol. The second kappa shape index (κ2) is 14.8. The van der Waals surface area contributed by atoms with Gasteiger partial charge in [-0.2, -0.15) is 10.4 Å². The van der Waals surface area contributed by atoms with Crippen LogP contribution in [0.3, 0.4) is 0 Å². The van der Waals surface area contributed by atoms with Crippen molar-refractivity contribution in [3.05, 3.63) is 77.9 Å². The molecule has 1 aliphatic carbocycles. The Morgan fingerprint density at radius 1 is 1.26 bits per heavy atom. The van der Waals surface area contributed by atoms with Gasteiger partial charge < -0.3 is 14.4 Å². The monoisotopic (exact) mass is 514 g/mol. The van der Waals surface area contributed by atoms with Crippen molar-refractivity contribution in [2.75, 3.05) is 40.3 Å². The van der Waals surface area contributed by atoms with E-state index in [0.29, 0.717) is 17.5 Å². The van der Waals surface area contributed by atoms with E-state index >= 15 is 0 Å². The summed E-state index contributed by atoms with van der Waals surface area (Å²) in [7, 11) is 3.83. The Morgan fingerprint density at radius 3 is 2.68 bits per heavy atom. The minimum Gasteiger partial charge on any atom is -0.481 e. The van der Waals surface area contributed by atoms with E-state index in [2.05, 4.69) is 58.2 Å². The normalized spacial score (nSPS) is 19.0. The van der Waals surface area contributed by atoms with Crippen molar-refractivity contribution in [2.24, 2.45) is 4.99 Å². The lowest BCUT2D eigenvalue weighted by molar-refractivity contribution is -0.108. The molecule has 0 N–H and O–H groups in total. The van der Waals surface area contributed by atoms with E-state index in [1.807, 2.05) is 43.3 Å². The lowest BCUT2D eigenvalue weighted by atomic mass is 9.96. The van der Waals surface area contributed by atoms with Crippen molar-refractivity contribution in [1.82, 2.24) is 19.6 Å². The quantitative estimate of drug-likeness (QED) is 0.294. The number of aldehydes is 1. The Hall–Kier alpha value is -3.80. The molecule has 2 atom stereocenters. The van der Waals surface area contributed by atoms with Crippen LogP contribution in [0.25, 0.3) is 11.3 Å². The van der Waals surface area contributed by atoms with Gasteiger partial charge in [-0.05, 0) is 51.6 Å². The number of methoxy groups -OCH3 is 1. The number of nitriles is 1. The van der Waals surface area contributed by atoms with Gasteiger partial charge in [0.25, 0.3) is 0 Å². The zero-order valence-corrected chi connectivity index (χ0v) is 22.8. The molecule has 0 radical (unpaired) electrons. The number of ether oxygens (including phenoxy) is 1. The second-order valence-electron chi connectivity index (χ2n) is 9.33. The summed E-state index contributed by atoms with van der Waals surface area (Å²) in [5, 5.41) is 13.6. The molecule has 2 heterocycles. The van der Waals surface area contributed by atoms with Crippen LogP contribution in [0, 0.1) is 11.3 Å². The number of rotatable bonds is 8. The zero-order chi connectivity index (χ0) is 27.3. The molecule has 0 spiro atoms. The molecule has 8 nitrogen and oxygen atoms in total. The number of allylic oxidation sites excluding steroid dienone is 4. The number of aromatic nitrogens is 2. The molecular formula is C30H38N6O2. The molecule has 0 bridgehead atoms. The minimum absolute atomic E-state index is 0.227. The third kappa shape index (κ3) is 8.10. The highest BCUT2D eigenvalue weighted by Crippen LogP contribution is 2.29. The first kappa shape index (κ1) is 28.8. The van der Waals surface area contributed by atoms with Crippen LogP contribution in [-0.4, -0.2) is 78.5 Å². The molecule has 1 fully saturated rings. The summed E-state index contributed by atoms with van der Waals surface area (Å²) in [6.45, 7) is 8.82. The zero-order valence-electron chi connectivity index (χ0n) is 22.8. The lowest BCUT2D eigenvalue weighted by Crippen LogP contribution is -2.47. The van der Waals surface area contributed by atoms with Crippen molar-refractivity contribution in [1.29, 1.82) is 5.26 Å². The van der Waals surface area contributed by atoms with Crippen molar-refractivity contribution in [2.45, 2.75) is 38.8 Å². The molecule has 200 valence electrons. The predicted octanol–water partition coefficient (Wildman–Crippen LogP) is 4.42. The molecule has 0 saturated carbocycles. The van der Waals surface area contributed by atoms with E-state index < -0.39 is 0 Å². The summed E-state index contributed by atoms with van der Waals surface area (Å²) in [6, 6.07) is 11.9. The van der Waals surface area contributed by atoms with E-state index in [1.165, 1.54) is 0 Å². The fourth-order valence-corrected chi connectivity index (χ4v) is 4.47. The lowest BCUT2D eigenvalue weighted by Gasteiger charge is -2.35. The minimum atomic E-state index is 0.227. The summed E-state index contributed by atoms with van der Waals surface area (Å²) in [5.41, 5.74) is 3.30. The highest BCUT2D eigenvalue weighted by molar-refractivity contribution is 5.62. The number of carbonyl (C=O) groups excluding carboxylic acids is 1. The van der Waals surface area contributed by atoms with Crippen LogP contribution in [0.4, 0.5) is 0 Å². The molecule has 0 amide bonds. The Kier molecular flexibility index (Phi) is 11.2. The number of likely N-dealkylation sites (N-methyl/N-ethyl adjacent to an activating group) is 1. The average Bonchev–Trinajstić information content (AvgIpc) is 3.38. The van der Waals surface area contributed by atoms with Gasteiger partial charge in [-0.15, -0.1) is 0 Å². The first-order chi connectivity index (χ1) is 18.5. The van der Waals surface area contributed by atoms with Crippen molar-refractivity contribution < 1.29 is 9.53 Å². The Labute approximate surface area is 226 Å². The van der Waals surface area contributed by atoms with Crippen LogP contribution in [0.2, 0.25) is 0 Å². The van der Waals surface area contributed by atoms with E-state index in [9.17, 15) is 4.79 Å². The van der Waals surface area contributed by atoms with Crippen molar-refractivity contribution in [3.8, 4) is 17.3 Å². The first-order valence-corrected chi connectivity index (χ1v) is 13.0. The van der Waals surface area contributed by atoms with Crippen LogP contribution in [0.1, 0.15) is 37.4 Å². The maximum atomic E-state index is 10.9. The Balaban J connectivity index is 0.000000223. The van der Waals surface area contributed by atoms with Crippen LogP contribution in [0.5, 0.6) is 0 Å². The second-order valence-corrected chi connectivity index (χ2v) is 9.33. The number of carbonyl (C=O) groups is 1. The smallest absolute Gasteiger partial charge is 0.209 e. The summed E-state index contributed by atoms with van der Waals surface area (Å²) < 4.78 is 6.95. The van der Waals surface area contributed by atoms with E-state index in [4.69, 9.17) is 10.00 Å². The number of benzene rings is 1. The Bertz CT molecular complexity index is 1210. The molecule has 2 unspecified atom stereocenters. The molecule has 1 saturated heterocycles. The fourth-order valence-electron chi connectivity index (χ4n) is 4.47. The third-order valence-electron chi connectivity index (χ3n) is 6.67. The average molecular weight is 515 g/mol. The number of hydrogen-bond donors (Lipinski definition) is 0. The van der Waals surface area contributed by atoms with Gasteiger partial charge in [0, 0.05) is 55.6 Å². The summed E-state index contributed by atoms with van der Waals surface area (Å²) >= 11 is 0. The molecular weight excluding hydrogens is 476 g/mol. The van der Waals surface area contributed by atoms with Gasteiger partial charge in [-0.3, -0.25) is 9.58 Å². The number of piperazine rings is 1. The molecule has 2 aliphatic rings. The molecule has 1 aromatic carbocycles. The van der Waals surface area contributed by atoms with Gasteiger partial charge in [0.15, 0.2) is 0 Å². The Morgan fingerprint density at radius 2 is 2.05 bits per heavy atom. The maximum absolute atomic E-state index is 10.9.